The van der Waals surface area contributed by atoms with E-state index in [2.05, 4.69) is 4.90 Å². The van der Waals surface area contributed by atoms with Crippen molar-refractivity contribution in [3.63, 3.8) is 0 Å². The van der Waals surface area contributed by atoms with Crippen molar-refractivity contribution in [2.24, 2.45) is 0 Å². The number of halogens is 1. The summed E-state index contributed by atoms with van der Waals surface area (Å²) in [5, 5.41) is 9.08. The average Bonchev–Trinajstić information content (AvgIpc) is 2.26. The molecule has 0 bridgehead atoms. The maximum absolute atomic E-state index is 13.4. The molecule has 1 N–H and O–H groups in total. The van der Waals surface area contributed by atoms with Gasteiger partial charge in [0.05, 0.1) is 18.8 Å². The monoisotopic (exact) mass is 239 g/mol. The highest BCUT2D eigenvalue weighted by Gasteiger charge is 2.22. The van der Waals surface area contributed by atoms with Crippen LogP contribution in [0.25, 0.3) is 0 Å². The number of hydrogen-bond acceptors (Lipinski definition) is 3. The van der Waals surface area contributed by atoms with Gasteiger partial charge in [0.15, 0.2) is 0 Å². The zero-order valence-corrected chi connectivity index (χ0v) is 10.2. The van der Waals surface area contributed by atoms with Crippen molar-refractivity contribution in [3.05, 3.63) is 29.6 Å². The summed E-state index contributed by atoms with van der Waals surface area (Å²) in [6.07, 6.45) is 0.277. The van der Waals surface area contributed by atoms with Crippen molar-refractivity contribution < 1.29 is 14.2 Å². The average molecular weight is 239 g/mol. The largest absolute Gasteiger partial charge is 0.392 e. The third-order valence-corrected chi connectivity index (χ3v) is 2.91. The van der Waals surface area contributed by atoms with E-state index in [4.69, 9.17) is 9.84 Å². The quantitative estimate of drug-likeness (QED) is 0.856. The van der Waals surface area contributed by atoms with Gasteiger partial charge in [-0.15, -0.1) is 0 Å². The summed E-state index contributed by atoms with van der Waals surface area (Å²) in [6.45, 7) is 5.38. The minimum Gasteiger partial charge on any atom is -0.392 e. The van der Waals surface area contributed by atoms with Crippen molar-refractivity contribution in [2.75, 3.05) is 18.0 Å². The molecule has 1 aromatic rings. The number of aliphatic hydroxyl groups is 1. The first kappa shape index (κ1) is 12.3. The molecule has 2 rings (SSSR count). The number of hydrogen-bond donors (Lipinski definition) is 1. The van der Waals surface area contributed by atoms with Crippen molar-refractivity contribution >= 4 is 5.69 Å². The van der Waals surface area contributed by atoms with Crippen LogP contribution in [0.4, 0.5) is 10.1 Å². The molecule has 1 aromatic carbocycles. The van der Waals surface area contributed by atoms with Gasteiger partial charge in [0.1, 0.15) is 5.82 Å². The summed E-state index contributed by atoms with van der Waals surface area (Å²) in [5.74, 6) is -0.307. The molecule has 3 nitrogen and oxygen atoms in total. The third-order valence-electron chi connectivity index (χ3n) is 2.91. The summed E-state index contributed by atoms with van der Waals surface area (Å²) < 4.78 is 19.0. The molecule has 4 heteroatoms. The van der Waals surface area contributed by atoms with Gasteiger partial charge in [0.25, 0.3) is 0 Å². The van der Waals surface area contributed by atoms with E-state index in [9.17, 15) is 4.39 Å². The maximum Gasteiger partial charge on any atom is 0.125 e. The second kappa shape index (κ2) is 5.02. The fourth-order valence-electron chi connectivity index (χ4n) is 2.30. The topological polar surface area (TPSA) is 32.7 Å². The van der Waals surface area contributed by atoms with Crippen LogP contribution in [0.3, 0.4) is 0 Å². The van der Waals surface area contributed by atoms with Gasteiger partial charge in [-0.25, -0.2) is 4.39 Å². The summed E-state index contributed by atoms with van der Waals surface area (Å²) in [4.78, 5) is 2.10. The van der Waals surface area contributed by atoms with Crippen molar-refractivity contribution in [2.45, 2.75) is 32.7 Å². The highest BCUT2D eigenvalue weighted by Crippen LogP contribution is 2.23. The Morgan fingerprint density at radius 3 is 2.53 bits per heavy atom. The number of benzene rings is 1. The molecule has 17 heavy (non-hydrogen) atoms. The summed E-state index contributed by atoms with van der Waals surface area (Å²) >= 11 is 0. The first-order valence-electron chi connectivity index (χ1n) is 5.89. The highest BCUT2D eigenvalue weighted by atomic mass is 19.1. The zero-order valence-electron chi connectivity index (χ0n) is 10.2. The van der Waals surface area contributed by atoms with Crippen LogP contribution in [-0.4, -0.2) is 30.4 Å². The normalized spacial score (nSPS) is 25.1. The maximum atomic E-state index is 13.4. The van der Waals surface area contributed by atoms with Crippen LogP contribution < -0.4 is 4.90 Å². The second-order valence-electron chi connectivity index (χ2n) is 4.64. The first-order chi connectivity index (χ1) is 8.08. The third kappa shape index (κ3) is 2.96. The van der Waals surface area contributed by atoms with Crippen LogP contribution in [0.15, 0.2) is 18.2 Å². The van der Waals surface area contributed by atoms with Crippen LogP contribution in [0.1, 0.15) is 19.4 Å². The van der Waals surface area contributed by atoms with E-state index in [1.165, 1.54) is 12.1 Å². The number of nitrogens with zero attached hydrogens (tertiary/aromatic N) is 1. The minimum atomic E-state index is -0.307. The van der Waals surface area contributed by atoms with E-state index in [-0.39, 0.29) is 24.6 Å². The van der Waals surface area contributed by atoms with E-state index in [1.54, 1.807) is 0 Å². The molecular weight excluding hydrogens is 221 g/mol. The van der Waals surface area contributed by atoms with Gasteiger partial charge in [-0.1, -0.05) is 0 Å². The Hall–Kier alpha value is -1.13. The van der Waals surface area contributed by atoms with Crippen molar-refractivity contribution in [1.29, 1.82) is 0 Å². The Kier molecular flexibility index (Phi) is 3.64. The van der Waals surface area contributed by atoms with Gasteiger partial charge in [0.2, 0.25) is 0 Å². The van der Waals surface area contributed by atoms with Gasteiger partial charge in [-0.2, -0.15) is 0 Å². The number of aliphatic hydroxyl groups excluding tert-OH is 1. The molecule has 1 aliphatic heterocycles. The predicted octanol–water partition coefficient (Wildman–Crippen LogP) is 1.93. The predicted molar refractivity (Wildman–Crippen MR) is 64.5 cm³/mol. The molecule has 94 valence electrons. The second-order valence-corrected chi connectivity index (χ2v) is 4.64. The van der Waals surface area contributed by atoms with E-state index in [0.29, 0.717) is 5.56 Å². The molecule has 0 radical (unpaired) electrons. The molecule has 2 atom stereocenters. The Morgan fingerprint density at radius 2 is 1.94 bits per heavy atom. The van der Waals surface area contributed by atoms with Crippen LogP contribution in [0, 0.1) is 5.82 Å². The van der Waals surface area contributed by atoms with Crippen LogP contribution in [-0.2, 0) is 11.3 Å². The lowest BCUT2D eigenvalue weighted by Crippen LogP contribution is -2.45. The lowest BCUT2D eigenvalue weighted by atomic mass is 10.1. The molecule has 1 saturated heterocycles. The van der Waals surface area contributed by atoms with Gasteiger partial charge in [-0.3, -0.25) is 0 Å². The van der Waals surface area contributed by atoms with Crippen molar-refractivity contribution in [3.8, 4) is 0 Å². The molecule has 0 aromatic heterocycles. The lowest BCUT2D eigenvalue weighted by Gasteiger charge is -2.37. The van der Waals surface area contributed by atoms with Crippen LogP contribution in [0.5, 0.6) is 0 Å². The van der Waals surface area contributed by atoms with Gasteiger partial charge in [-0.05, 0) is 37.6 Å². The van der Waals surface area contributed by atoms with Gasteiger partial charge >= 0.3 is 0 Å². The lowest BCUT2D eigenvalue weighted by molar-refractivity contribution is -0.00524. The molecule has 0 saturated carbocycles. The molecule has 1 fully saturated rings. The zero-order chi connectivity index (χ0) is 12.4. The molecule has 1 heterocycles. The van der Waals surface area contributed by atoms with Crippen LogP contribution >= 0.6 is 0 Å². The molecule has 1 aliphatic rings. The standard InChI is InChI=1S/C13H18FNO2/c1-9-6-15(7-10(2)17-9)13-4-11(8-16)3-12(14)5-13/h3-5,9-10,16H,6-8H2,1-2H3/t9-,10+. The Morgan fingerprint density at radius 1 is 1.29 bits per heavy atom. The number of ether oxygens (including phenoxy) is 1. The highest BCUT2D eigenvalue weighted by molar-refractivity contribution is 5.49. The summed E-state index contributed by atoms with van der Waals surface area (Å²) in [7, 11) is 0. The number of rotatable bonds is 2. The Labute approximate surface area is 101 Å². The fraction of sp³-hybridized carbons (Fsp3) is 0.538. The molecular formula is C13H18FNO2. The Bertz CT molecular complexity index is 387. The van der Waals surface area contributed by atoms with E-state index >= 15 is 0 Å². The van der Waals surface area contributed by atoms with Crippen molar-refractivity contribution in [1.82, 2.24) is 0 Å². The summed E-state index contributed by atoms with van der Waals surface area (Å²) in [6, 6.07) is 4.69. The van der Waals surface area contributed by atoms with E-state index in [1.807, 2.05) is 19.9 Å². The number of morpholine rings is 1. The Balaban J connectivity index is 2.23. The SMILES string of the molecule is C[C@@H]1CN(c2cc(F)cc(CO)c2)C[C@H](C)O1. The molecule has 0 aliphatic carbocycles. The molecule has 0 unspecified atom stereocenters. The van der Waals surface area contributed by atoms with E-state index < -0.39 is 0 Å². The number of anilines is 1. The molecule has 0 spiro atoms. The summed E-state index contributed by atoms with van der Waals surface area (Å²) in [5.41, 5.74) is 1.42. The molecule has 0 amide bonds. The van der Waals surface area contributed by atoms with E-state index in [0.717, 1.165) is 18.8 Å². The fourth-order valence-corrected chi connectivity index (χ4v) is 2.30. The minimum absolute atomic E-state index is 0.139. The first-order valence-corrected chi connectivity index (χ1v) is 5.89. The van der Waals surface area contributed by atoms with Crippen LogP contribution in [0.2, 0.25) is 0 Å². The smallest absolute Gasteiger partial charge is 0.125 e. The van der Waals surface area contributed by atoms with Gasteiger partial charge < -0.3 is 14.7 Å². The van der Waals surface area contributed by atoms with Gasteiger partial charge in [0, 0.05) is 18.8 Å².